The van der Waals surface area contributed by atoms with Crippen LogP contribution >= 0.6 is 0 Å². The summed E-state index contributed by atoms with van der Waals surface area (Å²) >= 11 is 0. The van der Waals surface area contributed by atoms with Gasteiger partial charge in [-0.1, -0.05) is 166 Å². The van der Waals surface area contributed by atoms with Gasteiger partial charge in [0.15, 0.2) is 0 Å². The highest BCUT2D eigenvalue weighted by Gasteiger charge is 2.61. The summed E-state index contributed by atoms with van der Waals surface area (Å²) in [6, 6.07) is 59.4. The number of aryl methyl sites for hydroxylation is 1. The molecule has 0 radical (unpaired) electrons. The lowest BCUT2D eigenvalue weighted by atomic mass is 9.33. The number of hydrogen-bond acceptors (Lipinski definition) is 3. The Morgan fingerprint density at radius 2 is 0.985 bits per heavy atom. The normalized spacial score (nSPS) is 19.8. The van der Waals surface area contributed by atoms with E-state index in [4.69, 9.17) is 0 Å². The maximum absolute atomic E-state index is 2.77. The van der Waals surface area contributed by atoms with E-state index in [1.165, 1.54) is 108 Å². The first-order chi connectivity index (χ1) is 31.4. The zero-order valence-electron chi connectivity index (χ0n) is 41.2. The van der Waals surface area contributed by atoms with Crippen molar-refractivity contribution in [1.29, 1.82) is 0 Å². The van der Waals surface area contributed by atoms with Gasteiger partial charge >= 0.3 is 0 Å². The molecule has 3 heterocycles. The topological polar surface area (TPSA) is 9.72 Å². The summed E-state index contributed by atoms with van der Waals surface area (Å²) < 4.78 is 0. The highest BCUT2D eigenvalue weighted by atomic mass is 15.3. The molecule has 0 spiro atoms. The molecule has 4 aliphatic rings. The van der Waals surface area contributed by atoms with E-state index in [-0.39, 0.29) is 33.9 Å². The van der Waals surface area contributed by atoms with Gasteiger partial charge in [-0.3, -0.25) is 0 Å². The van der Waals surface area contributed by atoms with Crippen molar-refractivity contribution in [1.82, 2.24) is 0 Å². The number of hydrogen-bond donors (Lipinski definition) is 0. The molecule has 7 aromatic rings. The quantitative estimate of drug-likeness (QED) is 0.163. The standard InChI is InChI=1S/C62H66BN3/c1-41-37-55-57-56(38-41)65(47-30-25-43(26-31-47)59(5,6)7)54-40-48(66-52-22-16-15-21-49(52)62(44-19-13-12-14-20-44)36-18-17-35-61(62,66)11)32-33-50(54)63(57)51-39-45(60(8,9)10)27-34-53(51)64(55)46-28-23-42(24-29-46)58(2,3)4/h12-16,19-34,37-40H,17-18,35-36H2,1-11H3. The van der Waals surface area contributed by atoms with Gasteiger partial charge in [0.25, 0.3) is 6.71 Å². The highest BCUT2D eigenvalue weighted by molar-refractivity contribution is 7.00. The maximum Gasteiger partial charge on any atom is 0.252 e. The molecule has 4 heteroatoms. The zero-order chi connectivity index (χ0) is 46.1. The van der Waals surface area contributed by atoms with Gasteiger partial charge in [0.2, 0.25) is 0 Å². The van der Waals surface area contributed by atoms with Crippen molar-refractivity contribution < 1.29 is 0 Å². The van der Waals surface area contributed by atoms with Crippen LogP contribution in [0.15, 0.2) is 152 Å². The predicted molar refractivity (Wildman–Crippen MR) is 284 cm³/mol. The summed E-state index contributed by atoms with van der Waals surface area (Å²) in [5.41, 5.74) is 22.1. The van der Waals surface area contributed by atoms with E-state index in [1.54, 1.807) is 0 Å². The fourth-order valence-electron chi connectivity index (χ4n) is 12.6. The Morgan fingerprint density at radius 1 is 0.455 bits per heavy atom. The van der Waals surface area contributed by atoms with Gasteiger partial charge in [-0.25, -0.2) is 0 Å². The van der Waals surface area contributed by atoms with Gasteiger partial charge < -0.3 is 14.7 Å². The lowest BCUT2D eigenvalue weighted by Crippen LogP contribution is -2.61. The van der Waals surface area contributed by atoms with Crippen LogP contribution in [0.3, 0.4) is 0 Å². The molecule has 3 nitrogen and oxygen atoms in total. The minimum Gasteiger partial charge on any atom is -0.334 e. The second-order valence-electron chi connectivity index (χ2n) is 23.3. The van der Waals surface area contributed by atoms with E-state index in [2.05, 4.69) is 243 Å². The third-order valence-corrected chi connectivity index (χ3v) is 16.1. The Labute approximate surface area is 395 Å². The fraction of sp³-hybridized carbons (Fsp3) is 0.323. The van der Waals surface area contributed by atoms with Crippen LogP contribution in [-0.2, 0) is 21.7 Å². The molecule has 1 saturated carbocycles. The SMILES string of the molecule is Cc1cc2c3c(c1)N(c1ccc(C(C)(C)C)cc1)c1cc(N4c5ccccc5C5(c6ccccc6)CCCCC45C)ccc1B3c1cc(C(C)(C)C)ccc1N2c1ccc(C(C)(C)C)cc1. The molecular weight excluding hydrogens is 798 g/mol. The minimum absolute atomic E-state index is 0.0172. The number of nitrogens with zero attached hydrogens (tertiary/aromatic N) is 3. The van der Waals surface area contributed by atoms with Crippen LogP contribution in [0, 0.1) is 6.92 Å². The first-order valence-corrected chi connectivity index (χ1v) is 24.6. The van der Waals surface area contributed by atoms with E-state index in [1.807, 2.05) is 0 Å². The molecule has 3 aliphatic heterocycles. The monoisotopic (exact) mass is 864 g/mol. The molecule has 0 aromatic heterocycles. The molecule has 0 bridgehead atoms. The first-order valence-electron chi connectivity index (χ1n) is 24.6. The Kier molecular flexibility index (Phi) is 9.53. The number of rotatable bonds is 4. The van der Waals surface area contributed by atoms with Gasteiger partial charge in [0.1, 0.15) is 0 Å². The molecule has 0 amide bonds. The molecule has 0 N–H and O–H groups in total. The Balaban J connectivity index is 1.18. The van der Waals surface area contributed by atoms with Crippen molar-refractivity contribution in [2.75, 3.05) is 14.7 Å². The van der Waals surface area contributed by atoms with Crippen LogP contribution in [-0.4, -0.2) is 12.3 Å². The van der Waals surface area contributed by atoms with Crippen LogP contribution in [0.5, 0.6) is 0 Å². The molecule has 11 rings (SSSR count). The molecule has 2 atom stereocenters. The van der Waals surface area contributed by atoms with Crippen molar-refractivity contribution in [3.63, 3.8) is 0 Å². The molecule has 2 unspecified atom stereocenters. The van der Waals surface area contributed by atoms with Crippen LogP contribution in [0.4, 0.5) is 45.5 Å². The lowest BCUT2D eigenvalue weighted by molar-refractivity contribution is 0.215. The van der Waals surface area contributed by atoms with Crippen molar-refractivity contribution in [2.24, 2.45) is 0 Å². The number of para-hydroxylation sites is 1. The van der Waals surface area contributed by atoms with Crippen molar-refractivity contribution in [3.05, 3.63) is 185 Å². The van der Waals surface area contributed by atoms with Crippen molar-refractivity contribution >= 4 is 68.6 Å². The van der Waals surface area contributed by atoms with E-state index < -0.39 is 0 Å². The maximum atomic E-state index is 2.77. The molecule has 332 valence electrons. The fourth-order valence-corrected chi connectivity index (χ4v) is 12.6. The van der Waals surface area contributed by atoms with Gasteiger partial charge in [-0.2, -0.15) is 0 Å². The number of fused-ring (bicyclic) bond motifs is 7. The van der Waals surface area contributed by atoms with Gasteiger partial charge in [0, 0.05) is 50.9 Å². The predicted octanol–water partition coefficient (Wildman–Crippen LogP) is 14.7. The molecule has 66 heavy (non-hydrogen) atoms. The summed E-state index contributed by atoms with van der Waals surface area (Å²) in [5, 5.41) is 0. The summed E-state index contributed by atoms with van der Waals surface area (Å²) in [7, 11) is 0. The zero-order valence-corrected chi connectivity index (χ0v) is 41.2. The van der Waals surface area contributed by atoms with E-state index in [9.17, 15) is 0 Å². The molecule has 7 aromatic carbocycles. The van der Waals surface area contributed by atoms with Gasteiger partial charge in [-0.05, 0) is 153 Å². The van der Waals surface area contributed by atoms with E-state index >= 15 is 0 Å². The van der Waals surface area contributed by atoms with Crippen molar-refractivity contribution in [2.45, 2.75) is 129 Å². The van der Waals surface area contributed by atoms with Gasteiger partial charge in [-0.15, -0.1) is 0 Å². The van der Waals surface area contributed by atoms with E-state index in [0.29, 0.717) is 0 Å². The Hall–Kier alpha value is -6.00. The lowest BCUT2D eigenvalue weighted by Gasteiger charge is -2.52. The number of benzene rings is 7. The summed E-state index contributed by atoms with van der Waals surface area (Å²) in [5.74, 6) is 0. The summed E-state index contributed by atoms with van der Waals surface area (Å²) in [4.78, 5) is 7.94. The number of anilines is 8. The first kappa shape index (κ1) is 42.6. The largest absolute Gasteiger partial charge is 0.334 e. The average molecular weight is 864 g/mol. The van der Waals surface area contributed by atoms with Gasteiger partial charge in [0.05, 0.1) is 5.54 Å². The van der Waals surface area contributed by atoms with Crippen LogP contribution < -0.4 is 31.1 Å². The molecule has 0 saturated heterocycles. The van der Waals surface area contributed by atoms with Crippen molar-refractivity contribution in [3.8, 4) is 0 Å². The highest BCUT2D eigenvalue weighted by Crippen LogP contribution is 2.64. The summed E-state index contributed by atoms with van der Waals surface area (Å²) in [6.07, 6.45) is 4.70. The van der Waals surface area contributed by atoms with Crippen LogP contribution in [0.25, 0.3) is 0 Å². The second-order valence-corrected chi connectivity index (χ2v) is 23.3. The van der Waals surface area contributed by atoms with E-state index in [0.717, 1.165) is 12.8 Å². The smallest absolute Gasteiger partial charge is 0.252 e. The minimum atomic E-state index is -0.165. The Morgan fingerprint density at radius 3 is 1.59 bits per heavy atom. The van der Waals surface area contributed by atoms with Crippen LogP contribution in [0.1, 0.15) is 128 Å². The van der Waals surface area contributed by atoms with Crippen LogP contribution in [0.2, 0.25) is 0 Å². The third-order valence-electron chi connectivity index (χ3n) is 16.1. The molecular formula is C62H66BN3. The average Bonchev–Trinajstić information content (AvgIpc) is 3.53. The Bertz CT molecular complexity index is 3020. The second kappa shape index (κ2) is 14.8. The summed E-state index contributed by atoms with van der Waals surface area (Å²) in [6.45, 7) is 25.8. The third kappa shape index (κ3) is 6.30. The molecule has 1 fully saturated rings. The molecule has 1 aliphatic carbocycles.